The van der Waals surface area contributed by atoms with E-state index in [4.69, 9.17) is 4.74 Å². The topological polar surface area (TPSA) is 82.2 Å². The van der Waals surface area contributed by atoms with Gasteiger partial charge in [-0.25, -0.2) is 9.69 Å². The quantitative estimate of drug-likeness (QED) is 0.469. The minimum Gasteiger partial charge on any atom is -0.347 e. The molecule has 190 valence electrons. The Morgan fingerprint density at radius 3 is 2.24 bits per heavy atom. The Morgan fingerprint density at radius 2 is 1.71 bits per heavy atom. The Labute approximate surface area is 204 Å². The second-order valence-corrected chi connectivity index (χ2v) is 9.52. The number of likely N-dealkylation sites (N-methyl/N-ethyl adjacent to an activating group) is 2. The van der Waals surface area contributed by atoms with E-state index in [9.17, 15) is 14.4 Å². The number of amides is 4. The molecule has 2 unspecified atom stereocenters. The summed E-state index contributed by atoms with van der Waals surface area (Å²) in [7, 11) is 5.63. The first-order valence-electron chi connectivity index (χ1n) is 12.3. The summed E-state index contributed by atoms with van der Waals surface area (Å²) in [6.07, 6.45) is 1.95. The van der Waals surface area contributed by atoms with Crippen LogP contribution in [0.1, 0.15) is 63.6 Å². The van der Waals surface area contributed by atoms with Crippen LogP contribution in [0.5, 0.6) is 0 Å². The maximum Gasteiger partial charge on any atom is 0.326 e. The van der Waals surface area contributed by atoms with Crippen LogP contribution in [0.3, 0.4) is 0 Å². The fraction of sp³-hybridized carbons (Fsp3) is 0.654. The van der Waals surface area contributed by atoms with E-state index in [0.717, 1.165) is 35.4 Å². The number of aryl methyl sites for hydroxylation is 1. The lowest BCUT2D eigenvalue weighted by atomic mass is 9.72. The van der Waals surface area contributed by atoms with Gasteiger partial charge < -0.3 is 19.9 Å². The van der Waals surface area contributed by atoms with Crippen molar-refractivity contribution in [2.75, 3.05) is 40.8 Å². The van der Waals surface area contributed by atoms with Gasteiger partial charge >= 0.3 is 6.03 Å². The number of hydrogen-bond acceptors (Lipinski definition) is 5. The number of likely N-dealkylation sites (tertiary alicyclic amines) is 1. The first kappa shape index (κ1) is 27.8. The highest BCUT2D eigenvalue weighted by Gasteiger charge is 2.62. The van der Waals surface area contributed by atoms with Gasteiger partial charge in [0, 0.05) is 20.1 Å². The minimum absolute atomic E-state index is 0.175. The van der Waals surface area contributed by atoms with E-state index in [-0.39, 0.29) is 24.5 Å². The molecule has 8 heteroatoms. The lowest BCUT2D eigenvalue weighted by molar-refractivity contribution is -0.211. The second kappa shape index (κ2) is 12.3. The fourth-order valence-corrected chi connectivity index (χ4v) is 4.33. The molecule has 8 nitrogen and oxygen atoms in total. The Morgan fingerprint density at radius 1 is 1.09 bits per heavy atom. The summed E-state index contributed by atoms with van der Waals surface area (Å²) in [5, 5.41) is 3.03. The van der Waals surface area contributed by atoms with Crippen molar-refractivity contribution in [3.8, 4) is 0 Å². The van der Waals surface area contributed by atoms with E-state index in [2.05, 4.69) is 12.2 Å². The summed E-state index contributed by atoms with van der Waals surface area (Å²) >= 11 is 0. The molecular formula is C26H42N4O4. The van der Waals surface area contributed by atoms with Crippen molar-refractivity contribution in [1.82, 2.24) is 20.0 Å². The van der Waals surface area contributed by atoms with Crippen LogP contribution in [0.2, 0.25) is 0 Å². The van der Waals surface area contributed by atoms with Gasteiger partial charge in [-0.3, -0.25) is 9.59 Å². The zero-order valence-electron chi connectivity index (χ0n) is 21.9. The van der Waals surface area contributed by atoms with Crippen LogP contribution < -0.4 is 5.32 Å². The van der Waals surface area contributed by atoms with Gasteiger partial charge in [0.05, 0.1) is 11.5 Å². The summed E-state index contributed by atoms with van der Waals surface area (Å²) in [4.78, 5) is 43.8. The predicted molar refractivity (Wildman–Crippen MR) is 133 cm³/mol. The Balaban J connectivity index is 2.14. The lowest BCUT2D eigenvalue weighted by Crippen LogP contribution is -2.72. The van der Waals surface area contributed by atoms with Crippen molar-refractivity contribution in [1.29, 1.82) is 0 Å². The average molecular weight is 475 g/mol. The molecule has 2 atom stereocenters. The molecule has 1 heterocycles. The molecule has 0 aliphatic carbocycles. The molecule has 1 saturated heterocycles. The SMILES string of the molecule is CCCC(NC(=O)N1C(=O)C(CC)(CC)C1OCC(=O)N(C)CCN(C)C)c1ccc(C)cc1. The smallest absolute Gasteiger partial charge is 0.326 e. The largest absolute Gasteiger partial charge is 0.347 e. The summed E-state index contributed by atoms with van der Waals surface area (Å²) in [5.74, 6) is -0.418. The summed E-state index contributed by atoms with van der Waals surface area (Å²) in [5.41, 5.74) is 1.36. The van der Waals surface area contributed by atoms with Crippen LogP contribution in [0.4, 0.5) is 4.79 Å². The predicted octanol–water partition coefficient (Wildman–Crippen LogP) is 3.56. The number of benzene rings is 1. The first-order chi connectivity index (χ1) is 16.1. The number of imide groups is 1. The van der Waals surface area contributed by atoms with Crippen molar-refractivity contribution >= 4 is 17.8 Å². The fourth-order valence-electron chi connectivity index (χ4n) is 4.33. The van der Waals surface area contributed by atoms with Gasteiger partial charge in [0.1, 0.15) is 6.61 Å². The van der Waals surface area contributed by atoms with Crippen molar-refractivity contribution in [2.45, 2.75) is 65.6 Å². The molecule has 0 radical (unpaired) electrons. The van der Waals surface area contributed by atoms with E-state index in [1.165, 1.54) is 0 Å². The first-order valence-corrected chi connectivity index (χ1v) is 12.3. The van der Waals surface area contributed by atoms with Crippen LogP contribution in [0, 0.1) is 12.3 Å². The highest BCUT2D eigenvalue weighted by Crippen LogP contribution is 2.46. The third-order valence-electron chi connectivity index (χ3n) is 6.86. The normalized spacial score (nSPS) is 17.9. The Bertz CT molecular complexity index is 836. The molecule has 0 saturated carbocycles. The standard InChI is InChI=1S/C26H42N4O4/c1-8-11-21(20-14-12-19(4)13-15-20)27-25(33)30-23(32)26(9-2,10-3)24(30)34-18-22(31)29(7)17-16-28(5)6/h12-15,21,24H,8-11,16-18H2,1-7H3,(H,27,33). The maximum atomic E-state index is 13.3. The third-order valence-corrected chi connectivity index (χ3v) is 6.86. The summed E-state index contributed by atoms with van der Waals surface area (Å²) < 4.78 is 5.97. The van der Waals surface area contributed by atoms with Crippen molar-refractivity contribution in [2.24, 2.45) is 5.41 Å². The zero-order chi connectivity index (χ0) is 25.5. The molecule has 1 aliphatic rings. The van der Waals surface area contributed by atoms with Gasteiger partial charge in [0.2, 0.25) is 11.8 Å². The van der Waals surface area contributed by atoms with Gasteiger partial charge in [-0.15, -0.1) is 0 Å². The molecule has 2 rings (SSSR count). The molecule has 34 heavy (non-hydrogen) atoms. The van der Waals surface area contributed by atoms with Gasteiger partial charge in [-0.05, 0) is 45.8 Å². The van der Waals surface area contributed by atoms with Crippen LogP contribution in [0.25, 0.3) is 0 Å². The molecule has 4 amide bonds. The molecular weight excluding hydrogens is 432 g/mol. The zero-order valence-corrected chi connectivity index (χ0v) is 21.9. The van der Waals surface area contributed by atoms with E-state index in [1.807, 2.05) is 64.0 Å². The number of carbonyl (C=O) groups excluding carboxylic acids is 3. The van der Waals surface area contributed by atoms with Gasteiger partial charge in [0.15, 0.2) is 6.23 Å². The number of urea groups is 1. The molecule has 1 N–H and O–H groups in total. The van der Waals surface area contributed by atoms with Crippen LogP contribution in [-0.2, 0) is 14.3 Å². The monoisotopic (exact) mass is 474 g/mol. The number of nitrogens with one attached hydrogen (secondary N) is 1. The van der Waals surface area contributed by atoms with Crippen molar-refractivity contribution in [3.63, 3.8) is 0 Å². The molecule has 0 aromatic heterocycles. The molecule has 0 bridgehead atoms. The van der Waals surface area contributed by atoms with E-state index in [1.54, 1.807) is 11.9 Å². The number of hydrogen-bond donors (Lipinski definition) is 1. The number of rotatable bonds is 12. The molecule has 1 fully saturated rings. The second-order valence-electron chi connectivity index (χ2n) is 9.52. The third kappa shape index (κ3) is 6.16. The van der Waals surface area contributed by atoms with E-state index >= 15 is 0 Å². The molecule has 1 aliphatic heterocycles. The summed E-state index contributed by atoms with van der Waals surface area (Å²) in [6.45, 7) is 9.06. The maximum absolute atomic E-state index is 13.3. The summed E-state index contributed by atoms with van der Waals surface area (Å²) in [6, 6.07) is 7.37. The Kier molecular flexibility index (Phi) is 10.1. The highest BCUT2D eigenvalue weighted by molar-refractivity contribution is 6.03. The van der Waals surface area contributed by atoms with Crippen molar-refractivity contribution in [3.05, 3.63) is 35.4 Å². The van der Waals surface area contributed by atoms with Gasteiger partial charge in [-0.1, -0.05) is 57.0 Å². The molecule has 0 spiro atoms. The van der Waals surface area contributed by atoms with Crippen LogP contribution in [-0.4, -0.2) is 79.6 Å². The van der Waals surface area contributed by atoms with E-state index in [0.29, 0.717) is 19.4 Å². The lowest BCUT2D eigenvalue weighted by Gasteiger charge is -2.53. The van der Waals surface area contributed by atoms with Gasteiger partial charge in [-0.2, -0.15) is 0 Å². The van der Waals surface area contributed by atoms with Crippen LogP contribution >= 0.6 is 0 Å². The van der Waals surface area contributed by atoms with E-state index < -0.39 is 17.7 Å². The number of nitrogens with zero attached hydrogens (tertiary/aromatic N) is 3. The minimum atomic E-state index is -0.788. The van der Waals surface area contributed by atoms with Crippen molar-refractivity contribution < 1.29 is 19.1 Å². The average Bonchev–Trinajstić information content (AvgIpc) is 2.80. The van der Waals surface area contributed by atoms with Crippen LogP contribution in [0.15, 0.2) is 24.3 Å². The molecule has 1 aromatic carbocycles. The Hall–Kier alpha value is -2.45. The molecule has 1 aromatic rings. The number of β-lactam (4-membered cyclic amide) rings is 1. The van der Waals surface area contributed by atoms with Gasteiger partial charge in [0.25, 0.3) is 0 Å². The highest BCUT2D eigenvalue weighted by atomic mass is 16.5. The number of carbonyl (C=O) groups is 3. The number of ether oxygens (including phenoxy) is 1.